The van der Waals surface area contributed by atoms with Crippen LogP contribution in [0.25, 0.3) is 33.4 Å². The number of methoxy groups -OCH3 is 1. The molecule has 1 atom stereocenters. The summed E-state index contributed by atoms with van der Waals surface area (Å²) in [5, 5.41) is 7.33. The number of rotatable bonds is 9. The fourth-order valence-corrected chi connectivity index (χ4v) is 6.76. The summed E-state index contributed by atoms with van der Waals surface area (Å²) in [6.07, 6.45) is 5.86. The second-order valence-electron chi connectivity index (χ2n) is 11.4. The van der Waals surface area contributed by atoms with Gasteiger partial charge in [0.05, 0.1) is 12.7 Å². The quantitative estimate of drug-likeness (QED) is 0.232. The summed E-state index contributed by atoms with van der Waals surface area (Å²) >= 11 is 0. The molecule has 3 aromatic carbocycles. The Morgan fingerprint density at radius 1 is 1.05 bits per heavy atom. The second kappa shape index (κ2) is 10.7. The molecule has 7 rings (SSSR count). The number of aryl methyl sites for hydroxylation is 2. The van der Waals surface area contributed by atoms with Crippen molar-refractivity contribution >= 4 is 16.9 Å². The lowest BCUT2D eigenvalue weighted by atomic mass is 9.84. The van der Waals surface area contributed by atoms with Crippen LogP contribution >= 0.6 is 0 Å². The van der Waals surface area contributed by atoms with E-state index in [4.69, 9.17) is 9.15 Å². The lowest BCUT2D eigenvalue weighted by molar-refractivity contribution is 0.0964. The highest BCUT2D eigenvalue weighted by Gasteiger charge is 2.43. The number of halogens is 1. The van der Waals surface area contributed by atoms with E-state index in [0.29, 0.717) is 28.5 Å². The third kappa shape index (κ3) is 4.68. The standard InChI is InChI=1S/C34H37FN2O3/c1-5-6-22-16-31-28(32(34(38)36-3)33(40-31)21-7-9-25(35)10-8-21)17-27(22)26-15-24(30(39-4)11-19(26)2)18-37-29-14-20-12-23(29)13-20/h7-11,15-17,20,23,29,37H,5-6,12-14,18H2,1-4H3,(H,36,38). The highest BCUT2D eigenvalue weighted by Crippen LogP contribution is 2.48. The second-order valence-corrected chi connectivity index (χ2v) is 11.4. The summed E-state index contributed by atoms with van der Waals surface area (Å²) in [5.74, 6) is 2.49. The molecule has 1 unspecified atom stereocenters. The molecule has 40 heavy (non-hydrogen) atoms. The fourth-order valence-electron chi connectivity index (χ4n) is 6.76. The molecule has 3 saturated carbocycles. The van der Waals surface area contributed by atoms with Gasteiger partial charge in [-0.15, -0.1) is 0 Å². The van der Waals surface area contributed by atoms with Gasteiger partial charge in [0.2, 0.25) is 0 Å². The Morgan fingerprint density at radius 3 is 2.48 bits per heavy atom. The maximum absolute atomic E-state index is 13.7. The summed E-state index contributed by atoms with van der Waals surface area (Å²) in [6.45, 7) is 5.04. The monoisotopic (exact) mass is 540 g/mol. The molecule has 2 bridgehead atoms. The third-order valence-corrected chi connectivity index (χ3v) is 8.89. The first-order valence-corrected chi connectivity index (χ1v) is 14.4. The summed E-state index contributed by atoms with van der Waals surface area (Å²) < 4.78 is 25.8. The van der Waals surface area contributed by atoms with Crippen molar-refractivity contribution < 1.29 is 18.3 Å². The molecule has 0 spiro atoms. The highest BCUT2D eigenvalue weighted by molar-refractivity contribution is 6.12. The van der Waals surface area contributed by atoms with Gasteiger partial charge in [0.25, 0.3) is 5.91 Å². The zero-order chi connectivity index (χ0) is 28.0. The van der Waals surface area contributed by atoms with E-state index in [-0.39, 0.29) is 11.7 Å². The van der Waals surface area contributed by atoms with Crippen molar-refractivity contribution in [1.29, 1.82) is 0 Å². The molecular weight excluding hydrogens is 503 g/mol. The first kappa shape index (κ1) is 26.6. The van der Waals surface area contributed by atoms with Gasteiger partial charge in [-0.1, -0.05) is 13.3 Å². The number of amides is 1. The van der Waals surface area contributed by atoms with Gasteiger partial charge in [-0.3, -0.25) is 4.79 Å². The number of ether oxygens (including phenoxy) is 1. The maximum Gasteiger partial charge on any atom is 0.255 e. The van der Waals surface area contributed by atoms with Crippen LogP contribution < -0.4 is 15.4 Å². The summed E-state index contributed by atoms with van der Waals surface area (Å²) in [4.78, 5) is 13.2. The average molecular weight is 541 g/mol. The lowest BCUT2D eigenvalue weighted by Crippen LogP contribution is -2.31. The number of benzene rings is 3. The Kier molecular flexibility index (Phi) is 7.13. The number of fused-ring (bicyclic) bond motifs is 2. The lowest BCUT2D eigenvalue weighted by Gasteiger charge is -2.25. The predicted octanol–water partition coefficient (Wildman–Crippen LogP) is 7.42. The van der Waals surface area contributed by atoms with Crippen LogP contribution in [0.4, 0.5) is 4.39 Å². The molecule has 0 radical (unpaired) electrons. The van der Waals surface area contributed by atoms with Crippen molar-refractivity contribution in [1.82, 2.24) is 10.6 Å². The van der Waals surface area contributed by atoms with Gasteiger partial charge in [-0.05, 0) is 115 Å². The number of furan rings is 1. The van der Waals surface area contributed by atoms with Gasteiger partial charge >= 0.3 is 0 Å². The molecule has 1 heterocycles. The van der Waals surface area contributed by atoms with Crippen LogP contribution in [0, 0.1) is 24.6 Å². The van der Waals surface area contributed by atoms with E-state index in [1.165, 1.54) is 37.0 Å². The van der Waals surface area contributed by atoms with Crippen LogP contribution in [-0.2, 0) is 13.0 Å². The van der Waals surface area contributed by atoms with Crippen molar-refractivity contribution in [2.24, 2.45) is 11.8 Å². The predicted molar refractivity (Wildman–Crippen MR) is 157 cm³/mol. The molecule has 0 saturated heterocycles. The van der Waals surface area contributed by atoms with Crippen molar-refractivity contribution in [3.05, 3.63) is 76.6 Å². The summed E-state index contributed by atoms with van der Waals surface area (Å²) in [7, 11) is 3.35. The first-order chi connectivity index (χ1) is 19.4. The van der Waals surface area contributed by atoms with E-state index in [0.717, 1.165) is 64.6 Å². The zero-order valence-corrected chi connectivity index (χ0v) is 23.7. The normalized spacial score (nSPS) is 19.6. The maximum atomic E-state index is 13.7. The molecular formula is C34H37FN2O3. The highest BCUT2D eigenvalue weighted by atomic mass is 19.1. The van der Waals surface area contributed by atoms with E-state index >= 15 is 0 Å². The van der Waals surface area contributed by atoms with Crippen molar-refractivity contribution in [3.8, 4) is 28.2 Å². The van der Waals surface area contributed by atoms with E-state index < -0.39 is 0 Å². The van der Waals surface area contributed by atoms with Crippen molar-refractivity contribution in [2.45, 2.75) is 58.5 Å². The van der Waals surface area contributed by atoms with Gasteiger partial charge in [-0.2, -0.15) is 0 Å². The van der Waals surface area contributed by atoms with Gasteiger partial charge in [0.1, 0.15) is 22.9 Å². The fraction of sp³-hybridized carbons (Fsp3) is 0.382. The Balaban J connectivity index is 1.48. The molecule has 1 amide bonds. The van der Waals surface area contributed by atoms with Crippen LogP contribution in [0.1, 0.15) is 59.7 Å². The van der Waals surface area contributed by atoms with E-state index in [1.54, 1.807) is 26.3 Å². The minimum Gasteiger partial charge on any atom is -0.496 e. The third-order valence-electron chi connectivity index (χ3n) is 8.89. The molecule has 3 aliphatic rings. The van der Waals surface area contributed by atoms with Crippen LogP contribution in [-0.4, -0.2) is 26.1 Å². The number of hydrogen-bond acceptors (Lipinski definition) is 4. The van der Waals surface area contributed by atoms with E-state index in [1.807, 2.05) is 0 Å². The minimum atomic E-state index is -0.334. The Hall–Kier alpha value is -3.64. The molecule has 0 aliphatic heterocycles. The Bertz CT molecular complexity index is 1570. The SMILES string of the molecule is CCCc1cc2oc(-c3ccc(F)cc3)c(C(=O)NC)c2cc1-c1cc(CNC2CC3CC2C3)c(OC)cc1C. The molecule has 208 valence electrons. The van der Waals surface area contributed by atoms with Crippen molar-refractivity contribution in [3.63, 3.8) is 0 Å². The molecule has 6 heteroatoms. The molecule has 2 N–H and O–H groups in total. The van der Waals surface area contributed by atoms with E-state index in [2.05, 4.69) is 48.7 Å². The molecule has 5 nitrogen and oxygen atoms in total. The van der Waals surface area contributed by atoms with E-state index in [9.17, 15) is 9.18 Å². The Labute approximate surface area is 235 Å². The van der Waals surface area contributed by atoms with Gasteiger partial charge < -0.3 is 19.8 Å². The van der Waals surface area contributed by atoms with Crippen molar-refractivity contribution in [2.75, 3.05) is 14.2 Å². The topological polar surface area (TPSA) is 63.5 Å². The van der Waals surface area contributed by atoms with Crippen LogP contribution in [0.5, 0.6) is 5.75 Å². The van der Waals surface area contributed by atoms with Gasteiger partial charge in [-0.25, -0.2) is 4.39 Å². The van der Waals surface area contributed by atoms with Crippen LogP contribution in [0.3, 0.4) is 0 Å². The van der Waals surface area contributed by atoms with Crippen LogP contribution in [0.2, 0.25) is 0 Å². The minimum absolute atomic E-state index is 0.237. The zero-order valence-electron chi connectivity index (χ0n) is 23.7. The van der Waals surface area contributed by atoms with Crippen LogP contribution in [0.15, 0.2) is 52.9 Å². The molecule has 1 aromatic heterocycles. The van der Waals surface area contributed by atoms with Gasteiger partial charge in [0, 0.05) is 36.1 Å². The largest absolute Gasteiger partial charge is 0.496 e. The van der Waals surface area contributed by atoms with Gasteiger partial charge in [0.15, 0.2) is 0 Å². The smallest absolute Gasteiger partial charge is 0.255 e. The average Bonchev–Trinajstić information content (AvgIpc) is 3.64. The number of nitrogens with one attached hydrogen (secondary N) is 2. The summed E-state index contributed by atoms with van der Waals surface area (Å²) in [6, 6.07) is 15.2. The number of hydrogen-bond donors (Lipinski definition) is 2. The first-order valence-electron chi connectivity index (χ1n) is 14.4. The molecule has 4 aromatic rings. The number of carbonyl (C=O) groups is 1. The molecule has 3 fully saturated rings. The molecule has 3 aliphatic carbocycles. The number of carbonyl (C=O) groups excluding carboxylic acids is 1. The Morgan fingerprint density at radius 2 is 1.82 bits per heavy atom. The summed E-state index contributed by atoms with van der Waals surface area (Å²) in [5.41, 5.74) is 7.42.